The van der Waals surface area contributed by atoms with Crippen LogP contribution in [0.15, 0.2) is 48.5 Å². The number of carbonyl (C=O) groups excluding carboxylic acids is 3. The van der Waals surface area contributed by atoms with Gasteiger partial charge < -0.3 is 10.1 Å². The molecule has 152 valence electrons. The third-order valence-corrected chi connectivity index (χ3v) is 5.31. The van der Waals surface area contributed by atoms with Crippen LogP contribution in [0.25, 0.3) is 0 Å². The number of aryl methyl sites for hydroxylation is 1. The molecule has 1 saturated carbocycles. The van der Waals surface area contributed by atoms with Crippen LogP contribution in [0.5, 0.6) is 0 Å². The molecule has 1 aliphatic carbocycles. The van der Waals surface area contributed by atoms with Crippen LogP contribution < -0.4 is 5.32 Å². The molecule has 1 amide bonds. The lowest BCUT2D eigenvalue weighted by Gasteiger charge is -2.24. The third kappa shape index (κ3) is 5.31. The summed E-state index contributed by atoms with van der Waals surface area (Å²) in [6, 6.07) is 13.9. The second-order valence-corrected chi connectivity index (χ2v) is 7.63. The topological polar surface area (TPSA) is 72.5 Å². The molecule has 1 aliphatic rings. The molecule has 0 aromatic heterocycles. The second kappa shape index (κ2) is 9.50. The van der Waals surface area contributed by atoms with Gasteiger partial charge in [0.25, 0.3) is 5.91 Å². The molecule has 0 bridgehead atoms. The first kappa shape index (κ1) is 20.8. The maximum Gasteiger partial charge on any atom is 0.339 e. The van der Waals surface area contributed by atoms with Crippen LogP contribution in [0, 0.1) is 6.92 Å². The number of esters is 1. The van der Waals surface area contributed by atoms with E-state index >= 15 is 0 Å². The zero-order valence-corrected chi connectivity index (χ0v) is 16.9. The molecule has 29 heavy (non-hydrogen) atoms. The van der Waals surface area contributed by atoms with E-state index in [0.29, 0.717) is 5.56 Å². The molecule has 0 aliphatic heterocycles. The van der Waals surface area contributed by atoms with Gasteiger partial charge in [0.2, 0.25) is 0 Å². The molecule has 0 spiro atoms. The molecule has 0 radical (unpaired) electrons. The minimum absolute atomic E-state index is 0.146. The fourth-order valence-corrected chi connectivity index (χ4v) is 3.56. The Morgan fingerprint density at radius 3 is 2.21 bits per heavy atom. The van der Waals surface area contributed by atoms with Crippen molar-refractivity contribution in [1.82, 2.24) is 5.32 Å². The van der Waals surface area contributed by atoms with Crippen LogP contribution in [0.4, 0.5) is 0 Å². The van der Waals surface area contributed by atoms with Crippen molar-refractivity contribution in [1.29, 1.82) is 0 Å². The van der Waals surface area contributed by atoms with Crippen molar-refractivity contribution in [3.8, 4) is 0 Å². The Kier molecular flexibility index (Phi) is 6.81. The van der Waals surface area contributed by atoms with Gasteiger partial charge in [0, 0.05) is 17.2 Å². The maximum atomic E-state index is 12.9. The van der Waals surface area contributed by atoms with Gasteiger partial charge in [0.05, 0.1) is 5.56 Å². The SMILES string of the molecule is Cc1ccc(C(=O)c2ccccc2C(=O)O[C@@H](C)C(=O)NC2CCCCC2)cc1. The predicted molar refractivity (Wildman–Crippen MR) is 111 cm³/mol. The molecular formula is C24H27NO4. The highest BCUT2D eigenvalue weighted by molar-refractivity contribution is 6.14. The minimum Gasteiger partial charge on any atom is -0.449 e. The largest absolute Gasteiger partial charge is 0.449 e. The van der Waals surface area contributed by atoms with Gasteiger partial charge in [-0.1, -0.05) is 67.3 Å². The van der Waals surface area contributed by atoms with Gasteiger partial charge >= 0.3 is 5.97 Å². The summed E-state index contributed by atoms with van der Waals surface area (Å²) >= 11 is 0. The number of carbonyl (C=O) groups is 3. The van der Waals surface area contributed by atoms with Gasteiger partial charge in [0.1, 0.15) is 0 Å². The van der Waals surface area contributed by atoms with Crippen molar-refractivity contribution in [3.05, 3.63) is 70.8 Å². The van der Waals surface area contributed by atoms with Crippen molar-refractivity contribution >= 4 is 17.7 Å². The summed E-state index contributed by atoms with van der Waals surface area (Å²) in [5, 5.41) is 2.96. The van der Waals surface area contributed by atoms with E-state index in [0.717, 1.165) is 31.2 Å². The smallest absolute Gasteiger partial charge is 0.339 e. The molecule has 5 nitrogen and oxygen atoms in total. The normalized spacial score (nSPS) is 15.4. The molecule has 2 aromatic carbocycles. The van der Waals surface area contributed by atoms with Gasteiger partial charge in [-0.2, -0.15) is 0 Å². The summed E-state index contributed by atoms with van der Waals surface area (Å²) in [5.74, 6) is -1.23. The number of ether oxygens (including phenoxy) is 1. The van der Waals surface area contributed by atoms with Crippen LogP contribution in [0.3, 0.4) is 0 Å². The van der Waals surface area contributed by atoms with E-state index in [4.69, 9.17) is 4.74 Å². The first-order valence-electron chi connectivity index (χ1n) is 10.2. The van der Waals surface area contributed by atoms with E-state index in [1.165, 1.54) is 6.42 Å². The highest BCUT2D eigenvalue weighted by Gasteiger charge is 2.25. The van der Waals surface area contributed by atoms with Crippen molar-refractivity contribution in [2.45, 2.75) is 58.1 Å². The lowest BCUT2D eigenvalue weighted by atomic mass is 9.95. The van der Waals surface area contributed by atoms with Gasteiger partial charge in [-0.25, -0.2) is 4.79 Å². The van der Waals surface area contributed by atoms with Gasteiger partial charge in [-0.3, -0.25) is 9.59 Å². The molecular weight excluding hydrogens is 366 g/mol. The van der Waals surface area contributed by atoms with Crippen LogP contribution in [-0.4, -0.2) is 29.8 Å². The second-order valence-electron chi connectivity index (χ2n) is 7.63. The summed E-state index contributed by atoms with van der Waals surface area (Å²) in [7, 11) is 0. The fraction of sp³-hybridized carbons (Fsp3) is 0.375. The average molecular weight is 393 g/mol. The maximum absolute atomic E-state index is 12.9. The standard InChI is InChI=1S/C24H27NO4/c1-16-12-14-18(15-13-16)22(26)20-10-6-7-11-21(20)24(28)29-17(2)23(27)25-19-8-4-3-5-9-19/h6-7,10-15,17,19H,3-5,8-9H2,1-2H3,(H,25,27)/t17-/m0/s1. The Bertz CT molecular complexity index is 882. The number of ketones is 1. The number of rotatable bonds is 6. The number of hydrogen-bond acceptors (Lipinski definition) is 4. The Morgan fingerprint density at radius 1 is 0.931 bits per heavy atom. The molecule has 1 atom stereocenters. The quantitative estimate of drug-likeness (QED) is 0.589. The van der Waals surface area contributed by atoms with Gasteiger partial charge in [-0.05, 0) is 32.8 Å². The van der Waals surface area contributed by atoms with E-state index < -0.39 is 12.1 Å². The Labute approximate surface area is 171 Å². The van der Waals surface area contributed by atoms with Crippen LogP contribution in [0.2, 0.25) is 0 Å². The van der Waals surface area contributed by atoms with E-state index in [2.05, 4.69) is 5.32 Å². The van der Waals surface area contributed by atoms with Crippen LogP contribution in [0.1, 0.15) is 70.9 Å². The van der Waals surface area contributed by atoms with E-state index in [1.54, 1.807) is 43.3 Å². The first-order chi connectivity index (χ1) is 14.0. The van der Waals surface area contributed by atoms with E-state index in [-0.39, 0.29) is 28.9 Å². The number of hydrogen-bond donors (Lipinski definition) is 1. The lowest BCUT2D eigenvalue weighted by Crippen LogP contribution is -2.42. The van der Waals surface area contributed by atoms with Crippen molar-refractivity contribution in [3.63, 3.8) is 0 Å². The van der Waals surface area contributed by atoms with Crippen LogP contribution in [-0.2, 0) is 9.53 Å². The van der Waals surface area contributed by atoms with E-state index in [1.807, 2.05) is 19.1 Å². The Hall–Kier alpha value is -2.95. The molecule has 0 unspecified atom stereocenters. The summed E-state index contributed by atoms with van der Waals surface area (Å²) in [5.41, 5.74) is 1.97. The first-order valence-corrected chi connectivity index (χ1v) is 10.2. The monoisotopic (exact) mass is 393 g/mol. The summed E-state index contributed by atoms with van der Waals surface area (Å²) in [6.45, 7) is 3.50. The predicted octanol–water partition coefficient (Wildman–Crippen LogP) is 4.22. The number of amides is 1. The molecule has 2 aromatic rings. The molecule has 3 rings (SSSR count). The Balaban J connectivity index is 1.70. The summed E-state index contributed by atoms with van der Waals surface area (Å²) < 4.78 is 5.38. The molecule has 5 heteroatoms. The number of nitrogens with one attached hydrogen (secondary N) is 1. The van der Waals surface area contributed by atoms with Crippen LogP contribution >= 0.6 is 0 Å². The molecule has 0 saturated heterocycles. The van der Waals surface area contributed by atoms with Gasteiger partial charge in [0.15, 0.2) is 11.9 Å². The number of benzene rings is 2. The molecule has 1 N–H and O–H groups in total. The van der Waals surface area contributed by atoms with Gasteiger partial charge in [-0.15, -0.1) is 0 Å². The summed E-state index contributed by atoms with van der Waals surface area (Å²) in [4.78, 5) is 38.0. The van der Waals surface area contributed by atoms with Crippen molar-refractivity contribution in [2.24, 2.45) is 0 Å². The zero-order valence-electron chi connectivity index (χ0n) is 16.9. The van der Waals surface area contributed by atoms with Crippen molar-refractivity contribution < 1.29 is 19.1 Å². The fourth-order valence-electron chi connectivity index (χ4n) is 3.56. The highest BCUT2D eigenvalue weighted by atomic mass is 16.5. The third-order valence-electron chi connectivity index (χ3n) is 5.31. The van der Waals surface area contributed by atoms with E-state index in [9.17, 15) is 14.4 Å². The average Bonchev–Trinajstić information content (AvgIpc) is 2.74. The molecule has 1 fully saturated rings. The summed E-state index contributed by atoms with van der Waals surface area (Å²) in [6.07, 6.45) is 4.40. The van der Waals surface area contributed by atoms with Crippen molar-refractivity contribution in [2.75, 3.05) is 0 Å². The Morgan fingerprint density at radius 2 is 1.55 bits per heavy atom. The lowest BCUT2D eigenvalue weighted by molar-refractivity contribution is -0.130. The zero-order chi connectivity index (χ0) is 20.8. The minimum atomic E-state index is -0.924. The highest BCUT2D eigenvalue weighted by Crippen LogP contribution is 2.19. The molecule has 0 heterocycles.